The summed E-state index contributed by atoms with van der Waals surface area (Å²) >= 11 is 6.50. The lowest BCUT2D eigenvalue weighted by molar-refractivity contribution is 0.0556. The summed E-state index contributed by atoms with van der Waals surface area (Å²) in [6, 6.07) is 17.5. The van der Waals surface area contributed by atoms with Gasteiger partial charge in [-0.3, -0.25) is 9.69 Å². The van der Waals surface area contributed by atoms with Crippen LogP contribution in [-0.4, -0.2) is 56.1 Å². The normalized spacial score (nSPS) is 15.5. The van der Waals surface area contributed by atoms with Crippen LogP contribution in [0, 0.1) is 5.92 Å². The van der Waals surface area contributed by atoms with Crippen LogP contribution in [0.1, 0.15) is 34.5 Å². The fourth-order valence-electron chi connectivity index (χ4n) is 4.97. The zero-order valence-electron chi connectivity index (χ0n) is 20.6. The quantitative estimate of drug-likeness (QED) is 0.389. The van der Waals surface area contributed by atoms with Crippen LogP contribution in [0.15, 0.2) is 65.3 Å². The van der Waals surface area contributed by atoms with Crippen molar-refractivity contribution in [2.75, 3.05) is 34.4 Å². The number of halogens is 1. The van der Waals surface area contributed by atoms with E-state index >= 15 is 0 Å². The zero-order valence-corrected chi connectivity index (χ0v) is 21.3. The van der Waals surface area contributed by atoms with E-state index < -0.39 is 0 Å². The number of carbonyl (C=O) groups excluding carboxylic acids is 1. The molecule has 2 aromatic carbocycles. The highest BCUT2D eigenvalue weighted by molar-refractivity contribution is 6.31. The van der Waals surface area contributed by atoms with Crippen LogP contribution in [0.2, 0.25) is 5.02 Å². The maximum atomic E-state index is 13.1. The Morgan fingerprint density at radius 3 is 2.49 bits per heavy atom. The lowest BCUT2D eigenvalue weighted by Crippen LogP contribution is -2.47. The average molecular weight is 497 g/mol. The van der Waals surface area contributed by atoms with Gasteiger partial charge in [0.15, 0.2) is 17.3 Å². The molecule has 1 aromatic heterocycles. The van der Waals surface area contributed by atoms with E-state index in [1.54, 1.807) is 26.4 Å². The summed E-state index contributed by atoms with van der Waals surface area (Å²) in [6.45, 7) is 2.77. The molecule has 2 heterocycles. The molecule has 1 amide bonds. The van der Waals surface area contributed by atoms with E-state index in [1.165, 1.54) is 11.8 Å². The van der Waals surface area contributed by atoms with Gasteiger partial charge in [0.2, 0.25) is 0 Å². The third-order valence-electron chi connectivity index (χ3n) is 6.97. The molecule has 6 nitrogen and oxygen atoms in total. The molecule has 4 rings (SSSR count). The molecule has 0 radical (unpaired) electrons. The highest BCUT2D eigenvalue weighted by Crippen LogP contribution is 2.31. The zero-order chi connectivity index (χ0) is 24.8. The molecule has 0 N–H and O–H groups in total. The molecule has 0 aliphatic carbocycles. The number of ether oxygens (including phenoxy) is 2. The van der Waals surface area contributed by atoms with Crippen molar-refractivity contribution in [1.82, 2.24) is 9.80 Å². The Morgan fingerprint density at radius 1 is 1.09 bits per heavy atom. The Labute approximate surface area is 212 Å². The van der Waals surface area contributed by atoms with Gasteiger partial charge in [0.1, 0.15) is 0 Å². The van der Waals surface area contributed by atoms with E-state index in [2.05, 4.69) is 11.0 Å². The number of likely N-dealkylation sites (N-methyl/N-ethyl adjacent to an activating group) is 1. The van der Waals surface area contributed by atoms with Gasteiger partial charge >= 0.3 is 0 Å². The third kappa shape index (κ3) is 6.00. The highest BCUT2D eigenvalue weighted by Gasteiger charge is 2.33. The number of hydrogen-bond acceptors (Lipinski definition) is 5. The van der Waals surface area contributed by atoms with Crippen LogP contribution in [0.5, 0.6) is 11.5 Å². The molecular formula is C28H33ClN2O4. The van der Waals surface area contributed by atoms with Gasteiger partial charge < -0.3 is 18.8 Å². The second-order valence-corrected chi connectivity index (χ2v) is 9.47. The Hall–Kier alpha value is -2.96. The first-order valence-electron chi connectivity index (χ1n) is 12.0. The number of methoxy groups -OCH3 is 2. The number of nitrogens with zero attached hydrogens (tertiary/aromatic N) is 2. The standard InChI is InChI=1S/C28H33ClN2O4/c1-30(28(32)26-9-6-16-35-26)24(18-22-7-4-5-8-23(22)29)21-12-14-31(15-13-21)19-20-10-11-25(33-2)27(17-20)34-3/h4-11,16-17,21,24H,12-15,18-19H2,1-3H3/t24-/m0/s1. The lowest BCUT2D eigenvalue weighted by atomic mass is 9.84. The summed E-state index contributed by atoms with van der Waals surface area (Å²) in [5, 5.41) is 0.738. The van der Waals surface area contributed by atoms with Gasteiger partial charge in [0.25, 0.3) is 5.91 Å². The van der Waals surface area contributed by atoms with Crippen molar-refractivity contribution in [2.45, 2.75) is 31.8 Å². The minimum Gasteiger partial charge on any atom is -0.493 e. The molecule has 35 heavy (non-hydrogen) atoms. The number of hydrogen-bond donors (Lipinski definition) is 0. The van der Waals surface area contributed by atoms with Crippen molar-refractivity contribution < 1.29 is 18.7 Å². The molecule has 0 bridgehead atoms. The van der Waals surface area contributed by atoms with Gasteiger partial charge in [0, 0.05) is 24.7 Å². The molecule has 0 spiro atoms. The number of carbonyl (C=O) groups is 1. The minimum atomic E-state index is -0.0974. The number of benzene rings is 2. The Kier molecular flexibility index (Phi) is 8.37. The molecule has 7 heteroatoms. The van der Waals surface area contributed by atoms with Crippen LogP contribution in [-0.2, 0) is 13.0 Å². The van der Waals surface area contributed by atoms with Gasteiger partial charge in [0.05, 0.1) is 20.5 Å². The first-order valence-corrected chi connectivity index (χ1v) is 12.3. The van der Waals surface area contributed by atoms with Crippen molar-refractivity contribution >= 4 is 17.5 Å². The minimum absolute atomic E-state index is 0.0238. The van der Waals surface area contributed by atoms with E-state index in [9.17, 15) is 4.79 Å². The van der Waals surface area contributed by atoms with E-state index in [4.69, 9.17) is 25.5 Å². The summed E-state index contributed by atoms with van der Waals surface area (Å²) in [4.78, 5) is 17.5. The fourth-order valence-corrected chi connectivity index (χ4v) is 5.18. The van der Waals surface area contributed by atoms with Crippen LogP contribution in [0.3, 0.4) is 0 Å². The predicted molar refractivity (Wildman–Crippen MR) is 137 cm³/mol. The molecule has 1 fully saturated rings. The Morgan fingerprint density at radius 2 is 1.83 bits per heavy atom. The Bertz CT molecular complexity index is 1110. The SMILES string of the molecule is COc1ccc(CN2CCC([C@H](Cc3ccccc3Cl)N(C)C(=O)c3ccco3)CC2)cc1OC. The van der Waals surface area contributed by atoms with Crippen LogP contribution >= 0.6 is 11.6 Å². The average Bonchev–Trinajstić information content (AvgIpc) is 3.43. The smallest absolute Gasteiger partial charge is 0.289 e. The molecule has 1 aliphatic rings. The summed E-state index contributed by atoms with van der Waals surface area (Å²) in [5.41, 5.74) is 2.25. The van der Waals surface area contributed by atoms with Crippen molar-refractivity contribution in [2.24, 2.45) is 5.92 Å². The third-order valence-corrected chi connectivity index (χ3v) is 7.34. The van der Waals surface area contributed by atoms with Crippen molar-refractivity contribution in [3.8, 4) is 11.5 Å². The van der Waals surface area contributed by atoms with E-state index in [0.29, 0.717) is 18.1 Å². The van der Waals surface area contributed by atoms with Gasteiger partial charge in [-0.05, 0) is 79.7 Å². The van der Waals surface area contributed by atoms with Gasteiger partial charge in [-0.2, -0.15) is 0 Å². The maximum absolute atomic E-state index is 13.1. The number of piperidine rings is 1. The number of likely N-dealkylation sites (tertiary alicyclic amines) is 1. The molecule has 3 aromatic rings. The fraction of sp³-hybridized carbons (Fsp3) is 0.393. The number of rotatable bonds is 9. The van der Waals surface area contributed by atoms with Crippen molar-refractivity contribution in [3.05, 3.63) is 82.8 Å². The monoisotopic (exact) mass is 496 g/mol. The molecule has 1 atom stereocenters. The predicted octanol–water partition coefficient (Wildman–Crippen LogP) is 5.55. The molecule has 1 saturated heterocycles. The number of amides is 1. The summed E-state index contributed by atoms with van der Waals surface area (Å²) < 4.78 is 16.2. The van der Waals surface area contributed by atoms with E-state index in [1.807, 2.05) is 48.3 Å². The first kappa shape index (κ1) is 25.1. The van der Waals surface area contributed by atoms with E-state index in [0.717, 1.165) is 54.6 Å². The van der Waals surface area contributed by atoms with Crippen LogP contribution in [0.4, 0.5) is 0 Å². The largest absolute Gasteiger partial charge is 0.493 e. The molecule has 1 aliphatic heterocycles. The van der Waals surface area contributed by atoms with Crippen LogP contribution < -0.4 is 9.47 Å². The maximum Gasteiger partial charge on any atom is 0.289 e. The van der Waals surface area contributed by atoms with Gasteiger partial charge in [-0.25, -0.2) is 0 Å². The second-order valence-electron chi connectivity index (χ2n) is 9.06. The molecule has 0 unspecified atom stereocenters. The van der Waals surface area contributed by atoms with Crippen LogP contribution in [0.25, 0.3) is 0 Å². The van der Waals surface area contributed by atoms with E-state index in [-0.39, 0.29) is 11.9 Å². The first-order chi connectivity index (χ1) is 17.0. The van der Waals surface area contributed by atoms with Gasteiger partial charge in [-0.15, -0.1) is 0 Å². The lowest BCUT2D eigenvalue weighted by Gasteiger charge is -2.40. The van der Waals surface area contributed by atoms with Gasteiger partial charge in [-0.1, -0.05) is 35.9 Å². The highest BCUT2D eigenvalue weighted by atomic mass is 35.5. The van der Waals surface area contributed by atoms with Crippen molar-refractivity contribution in [1.29, 1.82) is 0 Å². The molecular weight excluding hydrogens is 464 g/mol. The molecule has 0 saturated carbocycles. The summed E-state index contributed by atoms with van der Waals surface area (Å²) in [5.74, 6) is 2.11. The van der Waals surface area contributed by atoms with Crippen molar-refractivity contribution in [3.63, 3.8) is 0 Å². The summed E-state index contributed by atoms with van der Waals surface area (Å²) in [7, 11) is 5.18. The topological polar surface area (TPSA) is 55.2 Å². The number of furan rings is 1. The molecule has 186 valence electrons. The second kappa shape index (κ2) is 11.6. The summed E-state index contributed by atoms with van der Waals surface area (Å²) in [6.07, 6.45) is 4.25. The Balaban J connectivity index is 1.46.